The molecule has 0 aromatic rings. The summed E-state index contributed by atoms with van der Waals surface area (Å²) in [6.07, 6.45) is 1.66. The number of hydrogen-bond acceptors (Lipinski definition) is 1. The maximum absolute atomic E-state index is 11.5. The van der Waals surface area contributed by atoms with Gasteiger partial charge >= 0.3 is 0 Å². The first-order chi connectivity index (χ1) is 5.27. The molecule has 1 radical (unpaired) electrons. The van der Waals surface area contributed by atoms with Crippen LogP contribution in [-0.2, 0) is 0 Å². The van der Waals surface area contributed by atoms with Crippen LogP contribution in [-0.4, -0.2) is 11.5 Å². The third kappa shape index (κ3) is 9.95. The van der Waals surface area contributed by atoms with Crippen molar-refractivity contribution in [3.63, 3.8) is 0 Å². The lowest BCUT2D eigenvalue weighted by Crippen LogP contribution is -1.80. The van der Waals surface area contributed by atoms with Gasteiger partial charge in [-0.15, -0.1) is 0 Å². The van der Waals surface area contributed by atoms with E-state index < -0.39 is 6.08 Å². The van der Waals surface area contributed by atoms with Crippen molar-refractivity contribution in [2.24, 2.45) is 0 Å². The topological polar surface area (TPSA) is 0 Å². The normalized spacial score (nSPS) is 9.73. The summed E-state index contributed by atoms with van der Waals surface area (Å²) in [6, 6.07) is 0. The Labute approximate surface area is 71.1 Å². The maximum atomic E-state index is 11.5. The lowest BCUT2D eigenvalue weighted by atomic mass is 10.3. The molecule has 0 atom stereocenters. The first kappa shape index (κ1) is 11.0. The van der Waals surface area contributed by atoms with Crippen molar-refractivity contribution in [1.82, 2.24) is 0 Å². The monoisotopic (exact) mass is 179 g/mol. The zero-order valence-electron chi connectivity index (χ0n) is 6.48. The Morgan fingerprint density at radius 1 is 1.36 bits per heavy atom. The van der Waals surface area contributed by atoms with Gasteiger partial charge in [0.2, 0.25) is 0 Å². The molecule has 11 heavy (non-hydrogen) atoms. The maximum Gasteiger partial charge on any atom is 0.266 e. The van der Waals surface area contributed by atoms with Gasteiger partial charge in [0.05, 0.1) is 0 Å². The molecule has 0 saturated heterocycles. The fourth-order valence-corrected chi connectivity index (χ4v) is 1.38. The molecule has 0 aliphatic heterocycles. The number of rotatable bonds is 6. The van der Waals surface area contributed by atoms with E-state index in [0.29, 0.717) is 6.42 Å². The molecule has 0 aliphatic rings. The molecule has 0 spiro atoms. The van der Waals surface area contributed by atoms with E-state index in [-0.39, 0.29) is 0 Å². The molecule has 0 aromatic heterocycles. The summed E-state index contributed by atoms with van der Waals surface area (Å²) >= 11 is 1.77. The highest BCUT2D eigenvalue weighted by Gasteiger charge is 1.89. The van der Waals surface area contributed by atoms with Crippen LogP contribution in [0.25, 0.3) is 0 Å². The Kier molecular flexibility index (Phi) is 8.01. The standard InChI is InChI=1S/C8H13F2S/c1-2-6-11-7-4-3-5-8(9)10/h5H,1-4,6-7H2. The molecule has 0 bridgehead atoms. The van der Waals surface area contributed by atoms with Crippen LogP contribution >= 0.6 is 11.8 Å². The van der Waals surface area contributed by atoms with Crippen LogP contribution in [0.5, 0.6) is 0 Å². The Balaban J connectivity index is 2.97. The second kappa shape index (κ2) is 8.05. The van der Waals surface area contributed by atoms with E-state index in [1.165, 1.54) is 0 Å². The van der Waals surface area contributed by atoms with E-state index >= 15 is 0 Å². The summed E-state index contributed by atoms with van der Waals surface area (Å²) in [4.78, 5) is 0. The van der Waals surface area contributed by atoms with Crippen molar-refractivity contribution in [2.45, 2.75) is 19.3 Å². The molecule has 0 heterocycles. The van der Waals surface area contributed by atoms with E-state index in [9.17, 15) is 8.78 Å². The van der Waals surface area contributed by atoms with Crippen LogP contribution in [0.4, 0.5) is 8.78 Å². The lowest BCUT2D eigenvalue weighted by molar-refractivity contribution is 0.417. The zero-order chi connectivity index (χ0) is 8.53. The molecule has 65 valence electrons. The second-order valence-electron chi connectivity index (χ2n) is 2.10. The predicted molar refractivity (Wildman–Crippen MR) is 46.8 cm³/mol. The van der Waals surface area contributed by atoms with Crippen molar-refractivity contribution >= 4 is 11.8 Å². The molecule has 0 aliphatic carbocycles. The Morgan fingerprint density at radius 2 is 2.09 bits per heavy atom. The van der Waals surface area contributed by atoms with Crippen molar-refractivity contribution in [1.29, 1.82) is 0 Å². The Bertz CT molecular complexity index is 109. The van der Waals surface area contributed by atoms with Crippen LogP contribution in [0.15, 0.2) is 12.2 Å². The first-order valence-electron chi connectivity index (χ1n) is 3.65. The third-order valence-corrected chi connectivity index (χ3v) is 2.23. The predicted octanol–water partition coefficient (Wildman–Crippen LogP) is 3.50. The molecule has 0 aromatic carbocycles. The molecule has 0 unspecified atom stereocenters. The van der Waals surface area contributed by atoms with Gasteiger partial charge in [-0.1, -0.05) is 6.92 Å². The van der Waals surface area contributed by atoms with Gasteiger partial charge in [0.25, 0.3) is 6.08 Å². The summed E-state index contributed by atoms with van der Waals surface area (Å²) in [5, 5.41) is 0. The average molecular weight is 179 g/mol. The molecule has 0 N–H and O–H groups in total. The van der Waals surface area contributed by atoms with Crippen LogP contribution in [0.1, 0.15) is 19.3 Å². The molecular weight excluding hydrogens is 166 g/mol. The van der Waals surface area contributed by atoms with Crippen molar-refractivity contribution in [3.05, 3.63) is 19.1 Å². The minimum atomic E-state index is -1.56. The van der Waals surface area contributed by atoms with Crippen LogP contribution in [0.3, 0.4) is 0 Å². The van der Waals surface area contributed by atoms with Gasteiger partial charge in [0.15, 0.2) is 0 Å². The highest BCUT2D eigenvalue weighted by Crippen LogP contribution is 2.08. The number of hydrogen-bond donors (Lipinski definition) is 0. The van der Waals surface area contributed by atoms with E-state index in [0.717, 1.165) is 30.4 Å². The van der Waals surface area contributed by atoms with Gasteiger partial charge in [-0.3, -0.25) is 0 Å². The Hall–Kier alpha value is -0.0500. The molecular formula is C8H13F2S. The van der Waals surface area contributed by atoms with Gasteiger partial charge in [0, 0.05) is 0 Å². The van der Waals surface area contributed by atoms with Crippen LogP contribution in [0, 0.1) is 6.92 Å². The lowest BCUT2D eigenvalue weighted by Gasteiger charge is -1.95. The zero-order valence-corrected chi connectivity index (χ0v) is 7.30. The van der Waals surface area contributed by atoms with Gasteiger partial charge in [-0.2, -0.15) is 20.5 Å². The highest BCUT2D eigenvalue weighted by atomic mass is 32.2. The van der Waals surface area contributed by atoms with Gasteiger partial charge in [0.1, 0.15) is 0 Å². The van der Waals surface area contributed by atoms with Crippen molar-refractivity contribution in [3.8, 4) is 0 Å². The van der Waals surface area contributed by atoms with Gasteiger partial charge in [-0.05, 0) is 36.8 Å². The molecule has 0 nitrogen and oxygen atoms in total. The smallest absolute Gasteiger partial charge is 0.174 e. The number of thioether (sulfide) groups is 1. The first-order valence-corrected chi connectivity index (χ1v) is 4.81. The fraction of sp³-hybridized carbons (Fsp3) is 0.625. The second-order valence-corrected chi connectivity index (χ2v) is 3.33. The summed E-state index contributed by atoms with van der Waals surface area (Å²) in [5.74, 6) is 1.99. The number of halogens is 2. The van der Waals surface area contributed by atoms with Crippen LogP contribution in [0.2, 0.25) is 0 Å². The third-order valence-electron chi connectivity index (χ3n) is 1.08. The summed E-state index contributed by atoms with van der Waals surface area (Å²) in [7, 11) is 0. The molecule has 3 heteroatoms. The molecule has 0 saturated carbocycles. The summed E-state index contributed by atoms with van der Waals surface area (Å²) in [5.41, 5.74) is 0. The number of allylic oxidation sites excluding steroid dienone is 1. The van der Waals surface area contributed by atoms with Crippen molar-refractivity contribution in [2.75, 3.05) is 11.5 Å². The SMILES string of the molecule is [CH2]CCSCCCC=C(F)F. The van der Waals surface area contributed by atoms with Gasteiger partial charge in [-0.25, -0.2) is 0 Å². The Morgan fingerprint density at radius 3 is 2.64 bits per heavy atom. The van der Waals surface area contributed by atoms with Crippen LogP contribution < -0.4 is 0 Å². The summed E-state index contributed by atoms with van der Waals surface area (Å²) < 4.78 is 22.9. The quantitative estimate of drug-likeness (QED) is 0.562. The van der Waals surface area contributed by atoms with E-state index in [1.54, 1.807) is 11.8 Å². The fourth-order valence-electron chi connectivity index (χ4n) is 0.601. The largest absolute Gasteiger partial charge is 0.266 e. The molecule has 0 amide bonds. The van der Waals surface area contributed by atoms with E-state index in [1.807, 2.05) is 0 Å². The van der Waals surface area contributed by atoms with Crippen molar-refractivity contribution < 1.29 is 8.78 Å². The summed E-state index contributed by atoms with van der Waals surface area (Å²) in [6.45, 7) is 3.68. The number of unbranched alkanes of at least 4 members (excludes halogenated alkanes) is 1. The molecule has 0 fully saturated rings. The van der Waals surface area contributed by atoms with E-state index in [2.05, 4.69) is 6.92 Å². The highest BCUT2D eigenvalue weighted by molar-refractivity contribution is 7.99. The van der Waals surface area contributed by atoms with Gasteiger partial charge < -0.3 is 0 Å². The average Bonchev–Trinajstić information content (AvgIpc) is 1.96. The molecule has 0 rings (SSSR count). The van der Waals surface area contributed by atoms with E-state index in [4.69, 9.17) is 0 Å². The minimum absolute atomic E-state index is 0.493. The minimum Gasteiger partial charge on any atom is -0.174 e.